The lowest BCUT2D eigenvalue weighted by atomic mass is 10.1. The van der Waals surface area contributed by atoms with Crippen LogP contribution in [0.5, 0.6) is 0 Å². The van der Waals surface area contributed by atoms with E-state index in [0.717, 1.165) is 6.07 Å². The molecule has 0 saturated heterocycles. The minimum atomic E-state index is -4.63. The van der Waals surface area contributed by atoms with Gasteiger partial charge in [-0.05, 0) is 30.7 Å². The monoisotopic (exact) mass is 297 g/mol. The zero-order valence-corrected chi connectivity index (χ0v) is 10.9. The first-order valence-electron chi connectivity index (χ1n) is 5.44. The summed E-state index contributed by atoms with van der Waals surface area (Å²) in [5.41, 5.74) is 0.0291. The number of nitriles is 1. The molecule has 20 heavy (non-hydrogen) atoms. The fourth-order valence-corrected chi connectivity index (χ4v) is 1.71. The average molecular weight is 298 g/mol. The number of benzene rings is 1. The fraction of sp³-hybridized carbons (Fsp3) is 0.154. The summed E-state index contributed by atoms with van der Waals surface area (Å²) in [4.78, 5) is 6.96. The number of rotatable bonds is 1. The molecular formula is C13H7ClF3N3. The number of aromatic nitrogens is 2. The molecule has 7 heteroatoms. The Morgan fingerprint density at radius 3 is 2.45 bits per heavy atom. The van der Waals surface area contributed by atoms with E-state index in [0.29, 0.717) is 16.1 Å². The number of halogens is 4. The molecule has 0 amide bonds. The van der Waals surface area contributed by atoms with Gasteiger partial charge < -0.3 is 0 Å². The van der Waals surface area contributed by atoms with Crippen LogP contribution < -0.4 is 0 Å². The molecule has 0 saturated carbocycles. The van der Waals surface area contributed by atoms with Gasteiger partial charge in [0.15, 0.2) is 0 Å². The predicted molar refractivity (Wildman–Crippen MR) is 66.9 cm³/mol. The molecule has 0 aliphatic carbocycles. The Morgan fingerprint density at radius 2 is 1.90 bits per heavy atom. The van der Waals surface area contributed by atoms with Crippen LogP contribution in [0.2, 0.25) is 5.02 Å². The van der Waals surface area contributed by atoms with Gasteiger partial charge >= 0.3 is 6.18 Å². The highest BCUT2D eigenvalue weighted by atomic mass is 35.5. The lowest BCUT2D eigenvalue weighted by molar-refractivity contribution is -0.141. The van der Waals surface area contributed by atoms with Crippen LogP contribution in [-0.4, -0.2) is 9.97 Å². The second-order valence-corrected chi connectivity index (χ2v) is 4.44. The molecule has 0 aliphatic heterocycles. The first-order valence-corrected chi connectivity index (χ1v) is 5.82. The van der Waals surface area contributed by atoms with Crippen LogP contribution in [0.3, 0.4) is 0 Å². The number of alkyl halides is 3. The van der Waals surface area contributed by atoms with Gasteiger partial charge in [-0.1, -0.05) is 17.7 Å². The fourth-order valence-electron chi connectivity index (χ4n) is 1.59. The molecule has 102 valence electrons. The summed E-state index contributed by atoms with van der Waals surface area (Å²) in [7, 11) is 0. The number of hydrogen-bond donors (Lipinski definition) is 0. The maximum Gasteiger partial charge on any atom is 0.433 e. The van der Waals surface area contributed by atoms with Crippen LogP contribution in [0.1, 0.15) is 17.1 Å². The minimum absolute atomic E-state index is 0.0311. The van der Waals surface area contributed by atoms with Crippen molar-refractivity contribution in [2.45, 2.75) is 13.1 Å². The van der Waals surface area contributed by atoms with Crippen LogP contribution >= 0.6 is 11.6 Å². The third kappa shape index (κ3) is 2.89. The summed E-state index contributed by atoms with van der Waals surface area (Å²) >= 11 is 5.87. The molecule has 0 N–H and O–H groups in total. The first-order chi connectivity index (χ1) is 9.31. The molecule has 2 rings (SSSR count). The van der Waals surface area contributed by atoms with Crippen molar-refractivity contribution in [2.75, 3.05) is 0 Å². The van der Waals surface area contributed by atoms with Gasteiger partial charge in [0, 0.05) is 10.6 Å². The first kappa shape index (κ1) is 14.3. The van der Waals surface area contributed by atoms with Crippen molar-refractivity contribution in [3.8, 4) is 17.3 Å². The van der Waals surface area contributed by atoms with Crippen molar-refractivity contribution in [2.24, 2.45) is 0 Å². The molecule has 0 radical (unpaired) electrons. The smallest absolute Gasteiger partial charge is 0.219 e. The van der Waals surface area contributed by atoms with Crippen LogP contribution in [0, 0.1) is 18.3 Å². The summed E-state index contributed by atoms with van der Waals surface area (Å²) in [6.07, 6.45) is -4.63. The highest BCUT2D eigenvalue weighted by Crippen LogP contribution is 2.31. The van der Waals surface area contributed by atoms with E-state index < -0.39 is 17.7 Å². The quantitative estimate of drug-likeness (QED) is 0.799. The van der Waals surface area contributed by atoms with Crippen molar-refractivity contribution in [1.82, 2.24) is 9.97 Å². The molecule has 1 aromatic carbocycles. The van der Waals surface area contributed by atoms with E-state index in [1.165, 1.54) is 6.07 Å². The summed E-state index contributed by atoms with van der Waals surface area (Å²) in [6, 6.07) is 7.04. The van der Waals surface area contributed by atoms with Crippen molar-refractivity contribution < 1.29 is 13.2 Å². The standard InChI is InChI=1S/C13H7ClF3N3/c1-7-4-8(2-3-9(7)14)10-5-11(13(15,16)17)20-12(6-18)19-10/h2-5H,1H3. The average Bonchev–Trinajstić information content (AvgIpc) is 2.40. The number of aryl methyl sites for hydroxylation is 1. The largest absolute Gasteiger partial charge is 0.433 e. The molecule has 0 bridgehead atoms. The van der Waals surface area contributed by atoms with Gasteiger partial charge in [-0.3, -0.25) is 0 Å². The van der Waals surface area contributed by atoms with Gasteiger partial charge in [-0.15, -0.1) is 0 Å². The normalized spacial score (nSPS) is 11.2. The topological polar surface area (TPSA) is 49.6 Å². The van der Waals surface area contributed by atoms with E-state index in [-0.39, 0.29) is 5.69 Å². The van der Waals surface area contributed by atoms with Crippen LogP contribution in [0.15, 0.2) is 24.3 Å². The molecule has 0 fully saturated rings. The van der Waals surface area contributed by atoms with E-state index in [9.17, 15) is 13.2 Å². The van der Waals surface area contributed by atoms with Gasteiger partial charge in [0.1, 0.15) is 11.8 Å². The molecule has 3 nitrogen and oxygen atoms in total. The number of nitrogens with zero attached hydrogens (tertiary/aromatic N) is 3. The van der Waals surface area contributed by atoms with E-state index in [4.69, 9.17) is 16.9 Å². The van der Waals surface area contributed by atoms with Crippen molar-refractivity contribution >= 4 is 11.6 Å². The van der Waals surface area contributed by atoms with Crippen molar-refractivity contribution in [3.63, 3.8) is 0 Å². The van der Waals surface area contributed by atoms with Crippen LogP contribution in [0.4, 0.5) is 13.2 Å². The second kappa shape index (κ2) is 5.10. The molecule has 0 unspecified atom stereocenters. The summed E-state index contributed by atoms with van der Waals surface area (Å²) < 4.78 is 38.2. The third-order valence-electron chi connectivity index (χ3n) is 2.57. The Bertz CT molecular complexity index is 705. The lowest BCUT2D eigenvalue weighted by Crippen LogP contribution is -2.10. The highest BCUT2D eigenvalue weighted by molar-refractivity contribution is 6.31. The van der Waals surface area contributed by atoms with Crippen molar-refractivity contribution in [1.29, 1.82) is 5.26 Å². The van der Waals surface area contributed by atoms with Gasteiger partial charge in [0.2, 0.25) is 5.82 Å². The van der Waals surface area contributed by atoms with Gasteiger partial charge in [0.05, 0.1) is 5.69 Å². The Labute approximate surface area is 117 Å². The third-order valence-corrected chi connectivity index (χ3v) is 2.99. The molecule has 1 aromatic heterocycles. The highest BCUT2D eigenvalue weighted by Gasteiger charge is 2.33. The second-order valence-electron chi connectivity index (χ2n) is 4.04. The summed E-state index contributed by atoms with van der Waals surface area (Å²) in [5, 5.41) is 9.23. The molecule has 0 atom stereocenters. The van der Waals surface area contributed by atoms with E-state index >= 15 is 0 Å². The molecular weight excluding hydrogens is 291 g/mol. The van der Waals surface area contributed by atoms with E-state index in [2.05, 4.69) is 9.97 Å². The SMILES string of the molecule is Cc1cc(-c2cc(C(F)(F)F)nc(C#N)n2)ccc1Cl. The summed E-state index contributed by atoms with van der Waals surface area (Å²) in [5.74, 6) is -0.526. The van der Waals surface area contributed by atoms with Gasteiger partial charge in [0.25, 0.3) is 0 Å². The zero-order chi connectivity index (χ0) is 14.9. The van der Waals surface area contributed by atoms with E-state index in [1.807, 2.05) is 0 Å². The van der Waals surface area contributed by atoms with Crippen molar-refractivity contribution in [3.05, 3.63) is 46.4 Å². The Balaban J connectivity index is 2.62. The van der Waals surface area contributed by atoms with Crippen LogP contribution in [0.25, 0.3) is 11.3 Å². The molecule has 2 aromatic rings. The predicted octanol–water partition coefficient (Wildman–Crippen LogP) is 4.00. The maximum atomic E-state index is 12.7. The van der Waals surface area contributed by atoms with Gasteiger partial charge in [-0.25, -0.2) is 9.97 Å². The number of hydrogen-bond acceptors (Lipinski definition) is 3. The molecule has 0 aliphatic rings. The summed E-state index contributed by atoms with van der Waals surface area (Å²) in [6.45, 7) is 1.73. The Morgan fingerprint density at radius 1 is 1.20 bits per heavy atom. The molecule has 1 heterocycles. The minimum Gasteiger partial charge on any atom is -0.219 e. The van der Waals surface area contributed by atoms with Gasteiger partial charge in [-0.2, -0.15) is 18.4 Å². The van der Waals surface area contributed by atoms with Crippen LogP contribution in [-0.2, 0) is 6.18 Å². The van der Waals surface area contributed by atoms with E-state index in [1.54, 1.807) is 25.1 Å². The lowest BCUT2D eigenvalue weighted by Gasteiger charge is -2.09. The zero-order valence-electron chi connectivity index (χ0n) is 10.2. The molecule has 0 spiro atoms. The Hall–Kier alpha value is -2.13. The Kier molecular flexibility index (Phi) is 3.64. The maximum absolute atomic E-state index is 12.7.